The maximum absolute atomic E-state index is 10.9. The van der Waals surface area contributed by atoms with Crippen molar-refractivity contribution in [2.45, 2.75) is 0 Å². The van der Waals surface area contributed by atoms with Gasteiger partial charge in [-0.25, -0.2) is 9.78 Å². The summed E-state index contributed by atoms with van der Waals surface area (Å²) in [6.45, 7) is 3.38. The van der Waals surface area contributed by atoms with Gasteiger partial charge in [-0.05, 0) is 0 Å². The summed E-state index contributed by atoms with van der Waals surface area (Å²) in [5, 5.41) is 8.34. The molecule has 0 bridgehead atoms. The zero-order valence-corrected chi connectivity index (χ0v) is 6.10. The first kappa shape index (κ1) is 8.19. The van der Waals surface area contributed by atoms with Gasteiger partial charge in [-0.1, -0.05) is 6.58 Å². The van der Waals surface area contributed by atoms with E-state index >= 15 is 0 Å². The Morgan fingerprint density at radius 2 is 2.33 bits per heavy atom. The minimum Gasteiger partial charge on any atom is -0.475 e. The fourth-order valence-electron chi connectivity index (χ4n) is 0.732. The van der Waals surface area contributed by atoms with Crippen LogP contribution in [0.4, 0.5) is 0 Å². The highest BCUT2D eigenvalue weighted by atomic mass is 16.4. The largest absolute Gasteiger partial charge is 0.475 e. The van der Waals surface area contributed by atoms with Crippen LogP contribution in [0.15, 0.2) is 19.0 Å². The molecule has 1 rings (SSSR count). The molecule has 0 saturated heterocycles. The minimum absolute atomic E-state index is 0.141. The van der Waals surface area contributed by atoms with E-state index < -0.39 is 11.8 Å². The summed E-state index contributed by atoms with van der Waals surface area (Å²) < 4.78 is 1.25. The molecular formula is C7H6N2O3. The predicted molar refractivity (Wildman–Crippen MR) is 40.6 cm³/mol. The third kappa shape index (κ3) is 1.24. The van der Waals surface area contributed by atoms with Crippen LogP contribution >= 0.6 is 0 Å². The molecule has 0 unspecified atom stereocenters. The maximum atomic E-state index is 10.9. The van der Waals surface area contributed by atoms with Crippen molar-refractivity contribution in [2.75, 3.05) is 0 Å². The number of carbonyl (C=O) groups is 2. The minimum atomic E-state index is -1.52. The Hall–Kier alpha value is -1.91. The van der Waals surface area contributed by atoms with Gasteiger partial charge in [-0.15, -0.1) is 0 Å². The normalized spacial score (nSPS) is 9.33. The van der Waals surface area contributed by atoms with Gasteiger partial charge in [0.1, 0.15) is 0 Å². The van der Waals surface area contributed by atoms with E-state index in [0.717, 1.165) is 0 Å². The van der Waals surface area contributed by atoms with Crippen LogP contribution in [0.3, 0.4) is 0 Å². The molecule has 5 heteroatoms. The van der Waals surface area contributed by atoms with Crippen LogP contribution in [-0.2, 0) is 4.79 Å². The fourth-order valence-corrected chi connectivity index (χ4v) is 0.732. The second-order valence-electron chi connectivity index (χ2n) is 1.97. The number of nitrogens with zero attached hydrogens (tertiary/aromatic N) is 2. The second kappa shape index (κ2) is 3.00. The average Bonchev–Trinajstić information content (AvgIpc) is 2.49. The molecule has 1 aromatic heterocycles. The van der Waals surface area contributed by atoms with Crippen molar-refractivity contribution in [2.24, 2.45) is 0 Å². The Kier molecular flexibility index (Phi) is 2.05. The van der Waals surface area contributed by atoms with E-state index in [1.807, 2.05) is 0 Å². The number of aliphatic carboxylic acids is 1. The number of carboxylic acids is 1. The molecule has 0 aliphatic carbocycles. The van der Waals surface area contributed by atoms with Gasteiger partial charge in [0.25, 0.3) is 0 Å². The Morgan fingerprint density at radius 3 is 2.83 bits per heavy atom. The smallest absolute Gasteiger partial charge is 0.380 e. The summed E-state index contributed by atoms with van der Waals surface area (Å²) in [6, 6.07) is 0. The van der Waals surface area contributed by atoms with E-state index in [-0.39, 0.29) is 5.82 Å². The van der Waals surface area contributed by atoms with Crippen molar-refractivity contribution < 1.29 is 14.7 Å². The Balaban J connectivity index is 3.10. The molecule has 1 aromatic rings. The van der Waals surface area contributed by atoms with Crippen LogP contribution in [0.1, 0.15) is 10.6 Å². The van der Waals surface area contributed by atoms with E-state index in [9.17, 15) is 9.59 Å². The molecule has 5 nitrogen and oxygen atoms in total. The lowest BCUT2D eigenvalue weighted by molar-refractivity contribution is -0.131. The monoisotopic (exact) mass is 166 g/mol. The first-order valence-corrected chi connectivity index (χ1v) is 3.10. The number of Topliss-reactive ketones (excluding diaryl/α,β-unsaturated/α-hetero) is 1. The molecule has 0 saturated carbocycles. The topological polar surface area (TPSA) is 72.2 Å². The third-order valence-electron chi connectivity index (χ3n) is 1.26. The van der Waals surface area contributed by atoms with Gasteiger partial charge in [-0.2, -0.15) is 0 Å². The maximum Gasteiger partial charge on any atom is 0.380 e. The fraction of sp³-hybridized carbons (Fsp3) is 0. The lowest BCUT2D eigenvalue weighted by atomic mass is 10.4. The summed E-state index contributed by atoms with van der Waals surface area (Å²) in [6.07, 6.45) is 4.09. The summed E-state index contributed by atoms with van der Waals surface area (Å²) >= 11 is 0. The summed E-state index contributed by atoms with van der Waals surface area (Å²) in [7, 11) is 0. The SMILES string of the molecule is C=Cn1ccnc1C(=O)C(=O)O. The number of imidazole rings is 1. The van der Waals surface area contributed by atoms with Crippen LogP contribution in [0.2, 0.25) is 0 Å². The zero-order valence-electron chi connectivity index (χ0n) is 6.10. The standard InChI is InChI=1S/C7H6N2O3/c1-2-9-4-3-8-6(9)5(10)7(11)12/h2-4H,1H2,(H,11,12). The molecule has 0 aliphatic rings. The summed E-state index contributed by atoms with van der Waals surface area (Å²) in [5.74, 6) is -2.71. The van der Waals surface area contributed by atoms with Gasteiger partial charge in [0.15, 0.2) is 5.82 Å². The number of aromatic nitrogens is 2. The molecule has 1 N–H and O–H groups in total. The van der Waals surface area contributed by atoms with Gasteiger partial charge < -0.3 is 9.67 Å². The number of carbonyl (C=O) groups excluding carboxylic acids is 1. The summed E-state index contributed by atoms with van der Waals surface area (Å²) in [4.78, 5) is 24.7. The molecular weight excluding hydrogens is 160 g/mol. The first-order valence-electron chi connectivity index (χ1n) is 3.10. The van der Waals surface area contributed by atoms with E-state index in [1.54, 1.807) is 0 Å². The zero-order chi connectivity index (χ0) is 9.14. The molecule has 0 radical (unpaired) electrons. The predicted octanol–water partition coefficient (Wildman–Crippen LogP) is 0.251. The van der Waals surface area contributed by atoms with E-state index in [4.69, 9.17) is 5.11 Å². The Morgan fingerprint density at radius 1 is 1.67 bits per heavy atom. The van der Waals surface area contributed by atoms with E-state index in [2.05, 4.69) is 11.6 Å². The van der Waals surface area contributed by atoms with Crippen molar-refractivity contribution in [3.05, 3.63) is 24.8 Å². The molecule has 12 heavy (non-hydrogen) atoms. The van der Waals surface area contributed by atoms with Crippen LogP contribution in [0, 0.1) is 0 Å². The molecule has 0 atom stereocenters. The number of hydrogen-bond donors (Lipinski definition) is 1. The molecule has 0 spiro atoms. The van der Waals surface area contributed by atoms with Crippen LogP contribution in [-0.4, -0.2) is 26.4 Å². The number of carboxylic acid groups (broad SMARTS) is 1. The average molecular weight is 166 g/mol. The molecule has 0 fully saturated rings. The van der Waals surface area contributed by atoms with Gasteiger partial charge in [0.05, 0.1) is 0 Å². The Labute approximate surface area is 68.0 Å². The van der Waals surface area contributed by atoms with Gasteiger partial charge in [0.2, 0.25) is 0 Å². The quantitative estimate of drug-likeness (QED) is 0.516. The highest BCUT2D eigenvalue weighted by Crippen LogP contribution is 1.98. The van der Waals surface area contributed by atoms with Crippen LogP contribution in [0.5, 0.6) is 0 Å². The van der Waals surface area contributed by atoms with Gasteiger partial charge in [-0.3, -0.25) is 4.79 Å². The number of hydrogen-bond acceptors (Lipinski definition) is 3. The third-order valence-corrected chi connectivity index (χ3v) is 1.26. The number of ketones is 1. The molecule has 0 amide bonds. The highest BCUT2D eigenvalue weighted by Gasteiger charge is 2.18. The summed E-state index contributed by atoms with van der Waals surface area (Å²) in [5.41, 5.74) is 0. The van der Waals surface area contributed by atoms with Crippen LogP contribution < -0.4 is 0 Å². The van der Waals surface area contributed by atoms with E-state index in [1.165, 1.54) is 23.2 Å². The second-order valence-corrected chi connectivity index (χ2v) is 1.97. The molecule has 62 valence electrons. The number of rotatable bonds is 3. The van der Waals surface area contributed by atoms with Gasteiger partial charge >= 0.3 is 11.8 Å². The van der Waals surface area contributed by atoms with Crippen molar-refractivity contribution in [1.29, 1.82) is 0 Å². The van der Waals surface area contributed by atoms with Crippen molar-refractivity contribution in [3.63, 3.8) is 0 Å². The van der Waals surface area contributed by atoms with Crippen molar-refractivity contribution in [3.8, 4) is 0 Å². The molecule has 0 aliphatic heterocycles. The lowest BCUT2D eigenvalue weighted by Crippen LogP contribution is -2.16. The molecule has 1 heterocycles. The highest BCUT2D eigenvalue weighted by molar-refractivity contribution is 6.38. The van der Waals surface area contributed by atoms with E-state index in [0.29, 0.717) is 0 Å². The van der Waals surface area contributed by atoms with Crippen molar-refractivity contribution in [1.82, 2.24) is 9.55 Å². The lowest BCUT2D eigenvalue weighted by Gasteiger charge is -1.95. The van der Waals surface area contributed by atoms with Crippen LogP contribution in [0.25, 0.3) is 6.20 Å². The molecule has 0 aromatic carbocycles. The van der Waals surface area contributed by atoms with Crippen molar-refractivity contribution >= 4 is 18.0 Å². The van der Waals surface area contributed by atoms with Gasteiger partial charge in [0, 0.05) is 18.6 Å². The Bertz CT molecular complexity index is 340. The first-order chi connectivity index (χ1) is 5.66.